The van der Waals surface area contributed by atoms with E-state index in [-0.39, 0.29) is 11.9 Å². The number of hydrogen-bond donors (Lipinski definition) is 1. The molecule has 0 spiro atoms. The van der Waals surface area contributed by atoms with Crippen molar-refractivity contribution < 1.29 is 13.9 Å². The highest BCUT2D eigenvalue weighted by Crippen LogP contribution is 2.28. The predicted octanol–water partition coefficient (Wildman–Crippen LogP) is 1.41. The smallest absolute Gasteiger partial charge is 0.130 e. The summed E-state index contributed by atoms with van der Waals surface area (Å²) in [6.07, 6.45) is 0.568. The van der Waals surface area contributed by atoms with E-state index in [4.69, 9.17) is 15.2 Å². The second-order valence-electron chi connectivity index (χ2n) is 3.61. The van der Waals surface area contributed by atoms with Crippen LogP contribution in [-0.4, -0.2) is 20.3 Å². The zero-order valence-corrected chi connectivity index (χ0v) is 8.63. The van der Waals surface area contributed by atoms with Crippen LogP contribution in [-0.2, 0) is 11.2 Å². The molecule has 0 aromatic heterocycles. The van der Waals surface area contributed by atoms with Gasteiger partial charge in [-0.15, -0.1) is 0 Å². The van der Waals surface area contributed by atoms with Gasteiger partial charge in [-0.1, -0.05) is 0 Å². The molecule has 1 heterocycles. The van der Waals surface area contributed by atoms with Gasteiger partial charge in [-0.05, 0) is 23.6 Å². The number of nitrogens with two attached hydrogens (primary N) is 1. The number of rotatable bonds is 1. The molecule has 15 heavy (non-hydrogen) atoms. The van der Waals surface area contributed by atoms with Crippen molar-refractivity contribution in [2.45, 2.75) is 12.5 Å². The Balaban J connectivity index is 2.50. The first kappa shape index (κ1) is 10.4. The third-order valence-electron chi connectivity index (χ3n) is 2.63. The van der Waals surface area contributed by atoms with E-state index in [1.165, 1.54) is 13.2 Å². The molecule has 0 radical (unpaired) electrons. The first-order valence-electron chi connectivity index (χ1n) is 4.92. The highest BCUT2D eigenvalue weighted by Gasteiger charge is 2.19. The van der Waals surface area contributed by atoms with Crippen LogP contribution in [0.25, 0.3) is 0 Å². The third kappa shape index (κ3) is 1.96. The van der Waals surface area contributed by atoms with Crippen molar-refractivity contribution in [3.05, 3.63) is 29.1 Å². The lowest BCUT2D eigenvalue weighted by Gasteiger charge is -2.13. The van der Waals surface area contributed by atoms with Gasteiger partial charge in [0.25, 0.3) is 0 Å². The molecular formula is C11H14FNO2. The van der Waals surface area contributed by atoms with Gasteiger partial charge in [0.15, 0.2) is 0 Å². The summed E-state index contributed by atoms with van der Waals surface area (Å²) >= 11 is 0. The van der Waals surface area contributed by atoms with Crippen molar-refractivity contribution in [3.8, 4) is 5.75 Å². The molecule has 4 heteroatoms. The summed E-state index contributed by atoms with van der Waals surface area (Å²) in [5.41, 5.74) is 7.34. The van der Waals surface area contributed by atoms with Crippen LogP contribution in [0.3, 0.4) is 0 Å². The van der Waals surface area contributed by atoms with Crippen molar-refractivity contribution >= 4 is 0 Å². The maximum absolute atomic E-state index is 13.7. The molecule has 1 unspecified atom stereocenters. The molecule has 0 saturated carbocycles. The van der Waals surface area contributed by atoms with E-state index in [0.717, 1.165) is 5.56 Å². The Morgan fingerprint density at radius 1 is 1.53 bits per heavy atom. The SMILES string of the molecule is COc1cc(F)c2c(c1)C(N)COCC2. The summed E-state index contributed by atoms with van der Waals surface area (Å²) in [5.74, 6) is 0.244. The van der Waals surface area contributed by atoms with Crippen molar-refractivity contribution in [1.29, 1.82) is 0 Å². The van der Waals surface area contributed by atoms with Gasteiger partial charge in [0.1, 0.15) is 11.6 Å². The summed E-state index contributed by atoms with van der Waals surface area (Å²) in [5, 5.41) is 0. The molecule has 1 aromatic rings. The minimum absolute atomic E-state index is 0.259. The van der Waals surface area contributed by atoms with Crippen LogP contribution >= 0.6 is 0 Å². The van der Waals surface area contributed by atoms with E-state index >= 15 is 0 Å². The Labute approximate surface area is 88.0 Å². The van der Waals surface area contributed by atoms with Crippen LogP contribution in [0.1, 0.15) is 17.2 Å². The van der Waals surface area contributed by atoms with E-state index in [1.807, 2.05) is 0 Å². The lowest BCUT2D eigenvalue weighted by atomic mass is 9.99. The van der Waals surface area contributed by atoms with E-state index < -0.39 is 0 Å². The average molecular weight is 211 g/mol. The number of halogens is 1. The monoisotopic (exact) mass is 211 g/mol. The Morgan fingerprint density at radius 2 is 2.33 bits per heavy atom. The summed E-state index contributed by atoms with van der Waals surface area (Å²) in [6, 6.07) is 2.90. The number of fused-ring (bicyclic) bond motifs is 1. The molecule has 0 amide bonds. The van der Waals surface area contributed by atoms with Gasteiger partial charge in [-0.2, -0.15) is 0 Å². The summed E-state index contributed by atoms with van der Waals surface area (Å²) in [7, 11) is 1.51. The largest absolute Gasteiger partial charge is 0.497 e. The van der Waals surface area contributed by atoms with Gasteiger partial charge in [0, 0.05) is 6.07 Å². The lowest BCUT2D eigenvalue weighted by molar-refractivity contribution is 0.131. The fraction of sp³-hybridized carbons (Fsp3) is 0.455. The van der Waals surface area contributed by atoms with E-state index in [0.29, 0.717) is 30.9 Å². The highest BCUT2D eigenvalue weighted by atomic mass is 19.1. The molecule has 2 rings (SSSR count). The molecule has 1 aliphatic rings. The fourth-order valence-corrected chi connectivity index (χ4v) is 1.82. The molecule has 1 aromatic carbocycles. The van der Waals surface area contributed by atoms with Crippen LogP contribution in [0, 0.1) is 5.82 Å². The van der Waals surface area contributed by atoms with Crippen molar-refractivity contribution in [2.24, 2.45) is 5.73 Å². The number of ether oxygens (including phenoxy) is 2. The second kappa shape index (κ2) is 4.16. The molecule has 0 bridgehead atoms. The highest BCUT2D eigenvalue weighted by molar-refractivity contribution is 5.39. The summed E-state index contributed by atoms with van der Waals surface area (Å²) in [6.45, 7) is 0.948. The van der Waals surface area contributed by atoms with Crippen LogP contribution in [0.4, 0.5) is 4.39 Å². The van der Waals surface area contributed by atoms with Gasteiger partial charge in [-0.3, -0.25) is 0 Å². The Bertz CT molecular complexity index is 368. The molecule has 3 nitrogen and oxygen atoms in total. The van der Waals surface area contributed by atoms with Crippen LogP contribution < -0.4 is 10.5 Å². The lowest BCUT2D eigenvalue weighted by Crippen LogP contribution is -2.16. The van der Waals surface area contributed by atoms with Gasteiger partial charge in [0.05, 0.1) is 26.4 Å². The van der Waals surface area contributed by atoms with Gasteiger partial charge < -0.3 is 15.2 Å². The first-order chi connectivity index (χ1) is 7.22. The van der Waals surface area contributed by atoms with Crippen LogP contribution in [0.2, 0.25) is 0 Å². The van der Waals surface area contributed by atoms with E-state index in [9.17, 15) is 4.39 Å². The minimum Gasteiger partial charge on any atom is -0.497 e. The number of benzene rings is 1. The van der Waals surface area contributed by atoms with Crippen molar-refractivity contribution in [1.82, 2.24) is 0 Å². The van der Waals surface area contributed by atoms with Crippen molar-refractivity contribution in [3.63, 3.8) is 0 Å². The third-order valence-corrected chi connectivity index (χ3v) is 2.63. The average Bonchev–Trinajstić information content (AvgIpc) is 2.41. The van der Waals surface area contributed by atoms with E-state index in [2.05, 4.69) is 0 Å². The Kier molecular flexibility index (Phi) is 2.88. The Morgan fingerprint density at radius 3 is 3.07 bits per heavy atom. The zero-order chi connectivity index (χ0) is 10.8. The molecule has 0 fully saturated rings. The minimum atomic E-state index is -0.271. The maximum atomic E-state index is 13.7. The molecule has 82 valence electrons. The number of methoxy groups -OCH3 is 1. The van der Waals surface area contributed by atoms with Gasteiger partial charge in [0.2, 0.25) is 0 Å². The predicted molar refractivity (Wildman–Crippen MR) is 54.4 cm³/mol. The molecular weight excluding hydrogens is 197 g/mol. The maximum Gasteiger partial charge on any atom is 0.130 e. The van der Waals surface area contributed by atoms with Gasteiger partial charge in [-0.25, -0.2) is 4.39 Å². The standard InChI is InChI=1S/C11H14FNO2/c1-14-7-4-9-8(10(12)5-7)2-3-15-6-11(9)13/h4-5,11H,2-3,6,13H2,1H3. The first-order valence-corrected chi connectivity index (χ1v) is 4.92. The molecule has 1 aliphatic heterocycles. The fourth-order valence-electron chi connectivity index (χ4n) is 1.82. The van der Waals surface area contributed by atoms with Crippen LogP contribution in [0.5, 0.6) is 5.75 Å². The normalized spacial score (nSPS) is 20.6. The topological polar surface area (TPSA) is 44.5 Å². The zero-order valence-electron chi connectivity index (χ0n) is 8.63. The van der Waals surface area contributed by atoms with Gasteiger partial charge >= 0.3 is 0 Å². The van der Waals surface area contributed by atoms with Crippen molar-refractivity contribution in [2.75, 3.05) is 20.3 Å². The molecule has 0 aliphatic carbocycles. The summed E-state index contributed by atoms with van der Waals surface area (Å²) in [4.78, 5) is 0. The summed E-state index contributed by atoms with van der Waals surface area (Å²) < 4.78 is 24.0. The number of hydrogen-bond acceptors (Lipinski definition) is 3. The van der Waals surface area contributed by atoms with E-state index in [1.54, 1.807) is 6.07 Å². The van der Waals surface area contributed by atoms with Crippen LogP contribution in [0.15, 0.2) is 12.1 Å². The Hall–Kier alpha value is -1.13. The quantitative estimate of drug-likeness (QED) is 0.763. The second-order valence-corrected chi connectivity index (χ2v) is 3.61. The molecule has 2 N–H and O–H groups in total. The molecule has 1 atom stereocenters. The molecule has 0 saturated heterocycles.